The summed E-state index contributed by atoms with van der Waals surface area (Å²) < 4.78 is 0. The first-order valence-corrected chi connectivity index (χ1v) is 7.98. The number of carbonyl (C=O) groups is 1. The predicted molar refractivity (Wildman–Crippen MR) is 76.5 cm³/mol. The van der Waals surface area contributed by atoms with Gasteiger partial charge in [0.05, 0.1) is 5.92 Å². The van der Waals surface area contributed by atoms with Crippen LogP contribution in [0.2, 0.25) is 0 Å². The minimum absolute atomic E-state index is 0.0548. The second-order valence-electron chi connectivity index (χ2n) is 6.62. The molecular weight excluding hydrogens is 236 g/mol. The Morgan fingerprint density at radius 2 is 1.84 bits per heavy atom. The molecule has 2 unspecified atom stereocenters. The summed E-state index contributed by atoms with van der Waals surface area (Å²) in [7, 11) is 0. The van der Waals surface area contributed by atoms with E-state index in [1.54, 1.807) is 0 Å². The largest absolute Gasteiger partial charge is 0.339 e. The highest BCUT2D eigenvalue weighted by atomic mass is 16.2. The van der Waals surface area contributed by atoms with Crippen LogP contribution in [0.4, 0.5) is 0 Å². The molecule has 3 heteroatoms. The van der Waals surface area contributed by atoms with Crippen LogP contribution in [0.5, 0.6) is 0 Å². The van der Waals surface area contributed by atoms with E-state index in [-0.39, 0.29) is 12.0 Å². The van der Waals surface area contributed by atoms with E-state index >= 15 is 0 Å². The number of hydrogen-bond acceptors (Lipinski definition) is 2. The summed E-state index contributed by atoms with van der Waals surface area (Å²) in [5, 5.41) is 0. The van der Waals surface area contributed by atoms with Gasteiger partial charge in [-0.3, -0.25) is 4.79 Å². The first-order valence-electron chi connectivity index (χ1n) is 7.98. The fraction of sp³-hybridized carbons (Fsp3) is 0.812. The van der Waals surface area contributed by atoms with Crippen molar-refractivity contribution >= 4 is 5.91 Å². The average Bonchev–Trinajstić information content (AvgIpc) is 3.18. The molecule has 0 bridgehead atoms. The zero-order valence-corrected chi connectivity index (χ0v) is 11.8. The van der Waals surface area contributed by atoms with Gasteiger partial charge in [0.2, 0.25) is 5.91 Å². The van der Waals surface area contributed by atoms with Crippen molar-refractivity contribution < 1.29 is 4.79 Å². The van der Waals surface area contributed by atoms with Crippen molar-refractivity contribution in [2.75, 3.05) is 6.54 Å². The quantitative estimate of drug-likeness (QED) is 0.791. The zero-order valence-electron chi connectivity index (χ0n) is 11.8. The van der Waals surface area contributed by atoms with Gasteiger partial charge in [-0.05, 0) is 38.0 Å². The molecule has 0 saturated heterocycles. The van der Waals surface area contributed by atoms with Crippen LogP contribution < -0.4 is 5.73 Å². The van der Waals surface area contributed by atoms with E-state index in [1.807, 2.05) is 12.2 Å². The van der Waals surface area contributed by atoms with Crippen molar-refractivity contribution in [2.24, 2.45) is 17.6 Å². The summed E-state index contributed by atoms with van der Waals surface area (Å²) in [6.07, 6.45) is 14.0. The van der Waals surface area contributed by atoms with Crippen LogP contribution in [0.1, 0.15) is 51.4 Å². The normalized spacial score (nSPS) is 31.6. The monoisotopic (exact) mass is 262 g/mol. The third-order valence-corrected chi connectivity index (χ3v) is 4.88. The van der Waals surface area contributed by atoms with Crippen LogP contribution in [-0.2, 0) is 4.79 Å². The molecule has 0 radical (unpaired) electrons. The maximum Gasteiger partial charge on any atom is 0.229 e. The molecule has 106 valence electrons. The first-order chi connectivity index (χ1) is 9.24. The Balaban J connectivity index is 1.60. The van der Waals surface area contributed by atoms with Crippen LogP contribution in [0.25, 0.3) is 0 Å². The van der Waals surface area contributed by atoms with Gasteiger partial charge in [-0.15, -0.1) is 0 Å². The maximum atomic E-state index is 12.7. The summed E-state index contributed by atoms with van der Waals surface area (Å²) in [5.74, 6) is 1.15. The zero-order chi connectivity index (χ0) is 13.2. The van der Waals surface area contributed by atoms with E-state index in [0.717, 1.165) is 18.9 Å². The third kappa shape index (κ3) is 3.19. The fourth-order valence-electron chi connectivity index (χ4n) is 3.58. The average molecular weight is 262 g/mol. The van der Waals surface area contributed by atoms with Crippen LogP contribution in [-0.4, -0.2) is 29.4 Å². The van der Waals surface area contributed by atoms with Gasteiger partial charge in [-0.25, -0.2) is 0 Å². The van der Waals surface area contributed by atoms with Crippen molar-refractivity contribution in [1.29, 1.82) is 0 Å². The molecular formula is C16H26N2O. The van der Waals surface area contributed by atoms with E-state index < -0.39 is 0 Å². The van der Waals surface area contributed by atoms with Crippen molar-refractivity contribution in [2.45, 2.75) is 63.5 Å². The minimum Gasteiger partial charge on any atom is -0.339 e. The number of rotatable bonds is 4. The Labute approximate surface area is 116 Å². The second kappa shape index (κ2) is 5.66. The number of carbonyl (C=O) groups excluding carboxylic acids is 1. The summed E-state index contributed by atoms with van der Waals surface area (Å²) in [6.45, 7) is 1.00. The molecule has 1 amide bonds. The predicted octanol–water partition coefficient (Wildman–Crippen LogP) is 2.46. The van der Waals surface area contributed by atoms with Crippen LogP contribution in [0.3, 0.4) is 0 Å². The second-order valence-corrected chi connectivity index (χ2v) is 6.62. The molecule has 3 rings (SSSR count). The molecule has 3 aliphatic rings. The number of nitrogens with two attached hydrogens (primary N) is 1. The highest BCUT2D eigenvalue weighted by molar-refractivity contribution is 5.81. The summed E-state index contributed by atoms with van der Waals surface area (Å²) in [4.78, 5) is 14.9. The molecule has 19 heavy (non-hydrogen) atoms. The van der Waals surface area contributed by atoms with Crippen molar-refractivity contribution in [3.63, 3.8) is 0 Å². The van der Waals surface area contributed by atoms with E-state index in [9.17, 15) is 4.79 Å². The Morgan fingerprint density at radius 1 is 1.11 bits per heavy atom. The van der Waals surface area contributed by atoms with Gasteiger partial charge in [-0.2, -0.15) is 0 Å². The standard InChI is InChI=1S/C16H26N2O/c17-14-7-6-13(10-14)16(19)18(15-8-9-15)11-12-4-2-1-3-5-12/h6-7,12-15H,1-5,8-11,17H2. The van der Waals surface area contributed by atoms with Gasteiger partial charge in [0.1, 0.15) is 0 Å². The van der Waals surface area contributed by atoms with Crippen molar-refractivity contribution in [3.8, 4) is 0 Å². The van der Waals surface area contributed by atoms with Crippen molar-refractivity contribution in [3.05, 3.63) is 12.2 Å². The van der Waals surface area contributed by atoms with Gasteiger partial charge in [0, 0.05) is 18.6 Å². The van der Waals surface area contributed by atoms with Crippen LogP contribution in [0, 0.1) is 11.8 Å². The Morgan fingerprint density at radius 3 is 2.42 bits per heavy atom. The Bertz CT molecular complexity index is 356. The van der Waals surface area contributed by atoms with Crippen LogP contribution in [0.15, 0.2) is 12.2 Å². The molecule has 3 aliphatic carbocycles. The Hall–Kier alpha value is -0.830. The van der Waals surface area contributed by atoms with Gasteiger partial charge in [0.25, 0.3) is 0 Å². The lowest BCUT2D eigenvalue weighted by Crippen LogP contribution is -2.41. The van der Waals surface area contributed by atoms with E-state index in [1.165, 1.54) is 44.9 Å². The molecule has 2 saturated carbocycles. The van der Waals surface area contributed by atoms with Crippen LogP contribution >= 0.6 is 0 Å². The minimum atomic E-state index is 0.0548. The highest BCUT2D eigenvalue weighted by Gasteiger charge is 2.37. The smallest absolute Gasteiger partial charge is 0.229 e. The van der Waals surface area contributed by atoms with Gasteiger partial charge in [0.15, 0.2) is 0 Å². The molecule has 0 heterocycles. The van der Waals surface area contributed by atoms with E-state index in [0.29, 0.717) is 11.9 Å². The van der Waals surface area contributed by atoms with E-state index in [2.05, 4.69) is 4.90 Å². The first kappa shape index (κ1) is 13.2. The SMILES string of the molecule is NC1C=CC(C(=O)N(CC2CCCCC2)C2CC2)C1. The van der Waals surface area contributed by atoms with Gasteiger partial charge >= 0.3 is 0 Å². The summed E-state index contributed by atoms with van der Waals surface area (Å²) in [5.41, 5.74) is 5.88. The molecule has 2 N–H and O–H groups in total. The van der Waals surface area contributed by atoms with Gasteiger partial charge in [-0.1, -0.05) is 31.4 Å². The topological polar surface area (TPSA) is 46.3 Å². The lowest BCUT2D eigenvalue weighted by molar-refractivity contribution is -0.135. The summed E-state index contributed by atoms with van der Waals surface area (Å²) >= 11 is 0. The van der Waals surface area contributed by atoms with E-state index in [4.69, 9.17) is 5.73 Å². The third-order valence-electron chi connectivity index (χ3n) is 4.88. The fourth-order valence-corrected chi connectivity index (χ4v) is 3.58. The molecule has 3 nitrogen and oxygen atoms in total. The Kier molecular flexibility index (Phi) is 3.92. The highest BCUT2D eigenvalue weighted by Crippen LogP contribution is 2.33. The molecule has 2 fully saturated rings. The van der Waals surface area contributed by atoms with Crippen molar-refractivity contribution in [1.82, 2.24) is 4.90 Å². The molecule has 0 spiro atoms. The lowest BCUT2D eigenvalue weighted by Gasteiger charge is -2.31. The lowest BCUT2D eigenvalue weighted by atomic mass is 9.88. The molecule has 0 aromatic rings. The summed E-state index contributed by atoms with van der Waals surface area (Å²) in [6, 6.07) is 0.629. The number of amides is 1. The molecule has 2 atom stereocenters. The van der Waals surface area contributed by atoms with Gasteiger partial charge < -0.3 is 10.6 Å². The number of nitrogens with zero attached hydrogens (tertiary/aromatic N) is 1. The molecule has 0 aliphatic heterocycles. The molecule has 0 aromatic heterocycles. The maximum absolute atomic E-state index is 12.7. The molecule has 0 aromatic carbocycles. The number of hydrogen-bond donors (Lipinski definition) is 1.